The average molecular weight is 263 g/mol. The molecule has 0 spiro atoms. The first-order valence-electron chi connectivity index (χ1n) is 7.57. The lowest BCUT2D eigenvalue weighted by Crippen LogP contribution is -2.27. The zero-order chi connectivity index (χ0) is 12.5. The van der Waals surface area contributed by atoms with Crippen molar-refractivity contribution in [2.75, 3.05) is 0 Å². The van der Waals surface area contributed by atoms with Crippen LogP contribution in [0.1, 0.15) is 48.8 Å². The van der Waals surface area contributed by atoms with Crippen LogP contribution in [0.2, 0.25) is 0 Å². The first-order chi connectivity index (χ1) is 8.74. The third kappa shape index (κ3) is 2.65. The minimum atomic E-state index is 0.387. The number of rotatable bonds is 5. The monoisotopic (exact) mass is 263 g/mol. The highest BCUT2D eigenvalue weighted by molar-refractivity contribution is 7.11. The predicted molar refractivity (Wildman–Crippen MR) is 78.9 cm³/mol. The van der Waals surface area contributed by atoms with E-state index < -0.39 is 0 Å². The molecule has 1 aromatic rings. The fourth-order valence-corrected chi connectivity index (χ4v) is 5.17. The summed E-state index contributed by atoms with van der Waals surface area (Å²) in [6, 6.07) is 4.94. The second-order valence-corrected chi connectivity index (χ2v) is 7.61. The molecule has 2 fully saturated rings. The van der Waals surface area contributed by atoms with Gasteiger partial charge in [-0.1, -0.05) is 13.3 Å². The summed E-state index contributed by atoms with van der Waals surface area (Å²) >= 11 is 1.95. The third-order valence-electron chi connectivity index (χ3n) is 5.02. The molecule has 2 saturated carbocycles. The second-order valence-electron chi connectivity index (χ2n) is 6.36. The van der Waals surface area contributed by atoms with Crippen LogP contribution in [0.3, 0.4) is 0 Å². The molecule has 1 nitrogen and oxygen atoms in total. The van der Waals surface area contributed by atoms with Gasteiger partial charge in [-0.2, -0.15) is 0 Å². The third-order valence-corrected chi connectivity index (χ3v) is 6.27. The Morgan fingerprint density at radius 1 is 1.28 bits per heavy atom. The molecule has 4 atom stereocenters. The smallest absolute Gasteiger partial charge is 0.00899 e. The van der Waals surface area contributed by atoms with Crippen molar-refractivity contribution in [1.82, 2.24) is 0 Å². The highest BCUT2D eigenvalue weighted by Crippen LogP contribution is 2.49. The summed E-state index contributed by atoms with van der Waals surface area (Å²) in [4.78, 5) is 2.99. The van der Waals surface area contributed by atoms with Crippen molar-refractivity contribution in [3.05, 3.63) is 21.9 Å². The fraction of sp³-hybridized carbons (Fsp3) is 0.750. The van der Waals surface area contributed by atoms with Crippen molar-refractivity contribution in [2.24, 2.45) is 23.5 Å². The molecule has 2 bridgehead atoms. The Bertz CT molecular complexity index is 398. The van der Waals surface area contributed by atoms with Gasteiger partial charge in [-0.3, -0.25) is 0 Å². The summed E-state index contributed by atoms with van der Waals surface area (Å²) in [5.74, 6) is 3.03. The molecule has 0 radical (unpaired) electrons. The number of aryl methyl sites for hydroxylation is 1. The van der Waals surface area contributed by atoms with Crippen LogP contribution in [0.5, 0.6) is 0 Å². The molecule has 2 heteroatoms. The molecule has 100 valence electrons. The molecular weight excluding hydrogens is 238 g/mol. The SMILES string of the molecule is CCc1ccc(CC(N)CC2CC3CCC2C3)s1. The van der Waals surface area contributed by atoms with Gasteiger partial charge in [0, 0.05) is 15.8 Å². The lowest BCUT2D eigenvalue weighted by atomic mass is 9.84. The van der Waals surface area contributed by atoms with Crippen molar-refractivity contribution in [3.8, 4) is 0 Å². The van der Waals surface area contributed by atoms with Gasteiger partial charge in [0.1, 0.15) is 0 Å². The number of hydrogen-bond acceptors (Lipinski definition) is 2. The Labute approximate surface area is 115 Å². The molecule has 3 rings (SSSR count). The predicted octanol–water partition coefficient (Wildman–Crippen LogP) is 4.01. The van der Waals surface area contributed by atoms with Crippen molar-refractivity contribution >= 4 is 11.3 Å². The number of fused-ring (bicyclic) bond motifs is 2. The molecule has 18 heavy (non-hydrogen) atoms. The minimum Gasteiger partial charge on any atom is -0.327 e. The quantitative estimate of drug-likeness (QED) is 0.853. The van der Waals surface area contributed by atoms with Gasteiger partial charge in [0.15, 0.2) is 0 Å². The fourth-order valence-electron chi connectivity index (χ4n) is 4.12. The maximum absolute atomic E-state index is 6.37. The summed E-state index contributed by atoms with van der Waals surface area (Å²) in [7, 11) is 0. The lowest BCUT2D eigenvalue weighted by Gasteiger charge is -2.24. The molecule has 1 aromatic heterocycles. The summed E-state index contributed by atoms with van der Waals surface area (Å²) in [5.41, 5.74) is 6.37. The Morgan fingerprint density at radius 3 is 2.72 bits per heavy atom. The zero-order valence-electron chi connectivity index (χ0n) is 11.4. The molecular formula is C16H25NS. The topological polar surface area (TPSA) is 26.0 Å². The van der Waals surface area contributed by atoms with Gasteiger partial charge in [0.2, 0.25) is 0 Å². The molecule has 0 aliphatic heterocycles. The van der Waals surface area contributed by atoms with Crippen molar-refractivity contribution in [3.63, 3.8) is 0 Å². The van der Waals surface area contributed by atoms with E-state index in [2.05, 4.69) is 19.1 Å². The Morgan fingerprint density at radius 2 is 2.11 bits per heavy atom. The number of nitrogens with two attached hydrogens (primary N) is 1. The van der Waals surface area contributed by atoms with Crippen LogP contribution in [-0.2, 0) is 12.8 Å². The molecule has 2 aliphatic carbocycles. The van der Waals surface area contributed by atoms with Crippen LogP contribution >= 0.6 is 11.3 Å². The van der Waals surface area contributed by atoms with Crippen molar-refractivity contribution in [1.29, 1.82) is 0 Å². The van der Waals surface area contributed by atoms with Crippen LogP contribution in [0.25, 0.3) is 0 Å². The summed E-state index contributed by atoms with van der Waals surface area (Å²) in [6.45, 7) is 2.23. The molecule has 0 saturated heterocycles. The van der Waals surface area contributed by atoms with Crippen molar-refractivity contribution < 1.29 is 0 Å². The first-order valence-corrected chi connectivity index (χ1v) is 8.39. The molecule has 0 aromatic carbocycles. The van der Waals surface area contributed by atoms with E-state index in [0.717, 1.165) is 30.6 Å². The van der Waals surface area contributed by atoms with Gasteiger partial charge in [-0.15, -0.1) is 11.3 Å². The van der Waals surface area contributed by atoms with Gasteiger partial charge in [0.25, 0.3) is 0 Å². The summed E-state index contributed by atoms with van der Waals surface area (Å²) in [6.07, 6.45) is 9.49. The van der Waals surface area contributed by atoms with E-state index in [0.29, 0.717) is 6.04 Å². The van der Waals surface area contributed by atoms with E-state index in [1.165, 1.54) is 41.9 Å². The minimum absolute atomic E-state index is 0.387. The van der Waals surface area contributed by atoms with Gasteiger partial charge in [0.05, 0.1) is 0 Å². The van der Waals surface area contributed by atoms with E-state index in [9.17, 15) is 0 Å². The number of thiophene rings is 1. The normalized spacial score (nSPS) is 32.0. The standard InChI is InChI=1S/C16H25NS/c1-2-15-5-6-16(18-15)10-14(17)9-13-8-11-3-4-12(13)7-11/h5-6,11-14H,2-4,7-10,17H2,1H3. The van der Waals surface area contributed by atoms with Gasteiger partial charge < -0.3 is 5.73 Å². The highest BCUT2D eigenvalue weighted by Gasteiger charge is 2.39. The van der Waals surface area contributed by atoms with Gasteiger partial charge >= 0.3 is 0 Å². The van der Waals surface area contributed by atoms with Crippen LogP contribution in [0.4, 0.5) is 0 Å². The summed E-state index contributed by atoms with van der Waals surface area (Å²) < 4.78 is 0. The van der Waals surface area contributed by atoms with Crippen LogP contribution in [0.15, 0.2) is 12.1 Å². The van der Waals surface area contributed by atoms with Crippen molar-refractivity contribution in [2.45, 2.75) is 57.9 Å². The summed E-state index contributed by atoms with van der Waals surface area (Å²) in [5, 5.41) is 0. The van der Waals surface area contributed by atoms with E-state index in [1.807, 2.05) is 11.3 Å². The second kappa shape index (κ2) is 5.34. The van der Waals surface area contributed by atoms with E-state index in [-0.39, 0.29) is 0 Å². The Kier molecular flexibility index (Phi) is 3.76. The number of hydrogen-bond donors (Lipinski definition) is 1. The van der Waals surface area contributed by atoms with E-state index in [1.54, 1.807) is 0 Å². The first kappa shape index (κ1) is 12.7. The molecule has 2 N–H and O–H groups in total. The largest absolute Gasteiger partial charge is 0.327 e. The zero-order valence-corrected chi connectivity index (χ0v) is 12.2. The molecule has 1 heterocycles. The lowest BCUT2D eigenvalue weighted by molar-refractivity contribution is 0.294. The maximum atomic E-state index is 6.37. The molecule has 4 unspecified atom stereocenters. The van der Waals surface area contributed by atoms with Crippen LogP contribution in [0, 0.1) is 17.8 Å². The van der Waals surface area contributed by atoms with E-state index >= 15 is 0 Å². The Balaban J connectivity index is 1.51. The van der Waals surface area contributed by atoms with Gasteiger partial charge in [-0.25, -0.2) is 0 Å². The van der Waals surface area contributed by atoms with Gasteiger partial charge in [-0.05, 0) is 68.4 Å². The molecule has 2 aliphatic rings. The average Bonchev–Trinajstić information content (AvgIpc) is 3.04. The highest BCUT2D eigenvalue weighted by atomic mass is 32.1. The molecule has 0 amide bonds. The Hall–Kier alpha value is -0.340. The maximum Gasteiger partial charge on any atom is 0.00899 e. The van der Waals surface area contributed by atoms with Crippen LogP contribution < -0.4 is 5.73 Å². The van der Waals surface area contributed by atoms with Crippen LogP contribution in [-0.4, -0.2) is 6.04 Å². The van der Waals surface area contributed by atoms with E-state index in [4.69, 9.17) is 5.73 Å².